The molecular weight excluding hydrogens is 270 g/mol. The lowest BCUT2D eigenvalue weighted by atomic mass is 10.1. The lowest BCUT2D eigenvalue weighted by Gasteiger charge is -2.29. The zero-order chi connectivity index (χ0) is 14.7. The van der Waals surface area contributed by atoms with Gasteiger partial charge in [-0.1, -0.05) is 55.8 Å². The zero-order valence-corrected chi connectivity index (χ0v) is 13.1. The Morgan fingerprint density at radius 3 is 2.30 bits per heavy atom. The number of hydrogen-bond acceptors (Lipinski definition) is 3. The molecule has 2 rings (SSSR count). The molecule has 1 heterocycles. The van der Waals surface area contributed by atoms with Crippen molar-refractivity contribution in [1.29, 1.82) is 0 Å². The topological polar surface area (TPSA) is 29.0 Å². The molecule has 0 N–H and O–H groups in total. The molecule has 0 spiro atoms. The maximum absolute atomic E-state index is 6.15. The minimum Gasteiger partial charge on any atom is -0.357 e. The lowest BCUT2D eigenvalue weighted by molar-refractivity contribution is 0.502. The van der Waals surface area contributed by atoms with Gasteiger partial charge < -0.3 is 4.90 Å². The van der Waals surface area contributed by atoms with Gasteiger partial charge in [0.15, 0.2) is 5.82 Å². The van der Waals surface area contributed by atoms with E-state index in [4.69, 9.17) is 11.6 Å². The smallest absolute Gasteiger partial charge is 0.163 e. The van der Waals surface area contributed by atoms with E-state index in [1.807, 2.05) is 43.4 Å². The monoisotopic (exact) mass is 289 g/mol. The second kappa shape index (κ2) is 6.23. The highest BCUT2D eigenvalue weighted by Gasteiger charge is 2.16. The molecule has 1 atom stereocenters. The molecule has 0 fully saturated rings. The van der Waals surface area contributed by atoms with E-state index in [0.717, 1.165) is 11.4 Å². The van der Waals surface area contributed by atoms with Crippen LogP contribution in [0.15, 0.2) is 36.4 Å². The molecule has 4 heteroatoms. The van der Waals surface area contributed by atoms with E-state index in [1.165, 1.54) is 0 Å². The van der Waals surface area contributed by atoms with Crippen LogP contribution < -0.4 is 4.90 Å². The van der Waals surface area contributed by atoms with Gasteiger partial charge in [0.25, 0.3) is 0 Å². The Labute approximate surface area is 125 Å². The maximum Gasteiger partial charge on any atom is 0.163 e. The fraction of sp³-hybridized carbons (Fsp3) is 0.375. The fourth-order valence-corrected chi connectivity index (χ4v) is 2.14. The van der Waals surface area contributed by atoms with Gasteiger partial charge in [-0.05, 0) is 12.8 Å². The van der Waals surface area contributed by atoms with E-state index in [9.17, 15) is 0 Å². The molecule has 106 valence electrons. The molecule has 3 nitrogen and oxygen atoms in total. The molecule has 0 aliphatic rings. The number of halogens is 1. The Morgan fingerprint density at radius 1 is 1.05 bits per heavy atom. The van der Waals surface area contributed by atoms with Crippen molar-refractivity contribution in [3.8, 4) is 11.4 Å². The molecule has 0 radical (unpaired) electrons. The summed E-state index contributed by atoms with van der Waals surface area (Å²) in [5.41, 5.74) is 0.974. The molecule has 0 saturated heterocycles. The van der Waals surface area contributed by atoms with Crippen molar-refractivity contribution < 1.29 is 0 Å². The summed E-state index contributed by atoms with van der Waals surface area (Å²) >= 11 is 6.15. The average molecular weight is 290 g/mol. The van der Waals surface area contributed by atoms with Gasteiger partial charge in [0.1, 0.15) is 11.0 Å². The molecule has 1 aromatic carbocycles. The molecular formula is C16H20ClN3. The zero-order valence-electron chi connectivity index (χ0n) is 12.3. The van der Waals surface area contributed by atoms with E-state index >= 15 is 0 Å². The van der Waals surface area contributed by atoms with Crippen LogP contribution in [0.2, 0.25) is 5.15 Å². The van der Waals surface area contributed by atoms with Crippen LogP contribution in [0.3, 0.4) is 0 Å². The van der Waals surface area contributed by atoms with Crippen molar-refractivity contribution >= 4 is 17.4 Å². The number of rotatable bonds is 4. The van der Waals surface area contributed by atoms with Crippen LogP contribution in [-0.2, 0) is 0 Å². The molecule has 0 aliphatic heterocycles. The fourth-order valence-electron chi connectivity index (χ4n) is 1.96. The Bertz CT molecular complexity index is 569. The minimum atomic E-state index is 0.379. The van der Waals surface area contributed by atoms with Gasteiger partial charge in [0.05, 0.1) is 0 Å². The van der Waals surface area contributed by atoms with E-state index in [0.29, 0.717) is 22.9 Å². The maximum atomic E-state index is 6.15. The van der Waals surface area contributed by atoms with Gasteiger partial charge in [-0.3, -0.25) is 0 Å². The number of hydrogen-bond donors (Lipinski definition) is 0. The van der Waals surface area contributed by atoms with Gasteiger partial charge >= 0.3 is 0 Å². The van der Waals surface area contributed by atoms with E-state index < -0.39 is 0 Å². The van der Waals surface area contributed by atoms with Gasteiger partial charge in [-0.15, -0.1) is 0 Å². The standard InChI is InChI=1S/C16H20ClN3/c1-11(2)12(3)20(4)15-10-14(17)18-16(19-15)13-8-6-5-7-9-13/h5-12H,1-4H3. The Hall–Kier alpha value is -1.61. The van der Waals surface area contributed by atoms with E-state index in [2.05, 4.69) is 35.6 Å². The normalized spacial score (nSPS) is 12.5. The van der Waals surface area contributed by atoms with Crippen LogP contribution in [0.1, 0.15) is 20.8 Å². The van der Waals surface area contributed by atoms with Crippen molar-refractivity contribution in [2.45, 2.75) is 26.8 Å². The predicted octanol–water partition coefficient (Wildman–Crippen LogP) is 4.28. The minimum absolute atomic E-state index is 0.379. The van der Waals surface area contributed by atoms with Crippen molar-refractivity contribution in [3.05, 3.63) is 41.6 Å². The predicted molar refractivity (Wildman–Crippen MR) is 85.2 cm³/mol. The Morgan fingerprint density at radius 2 is 1.70 bits per heavy atom. The SMILES string of the molecule is CC(C)C(C)N(C)c1cc(Cl)nc(-c2ccccc2)n1. The highest BCUT2D eigenvalue weighted by molar-refractivity contribution is 6.29. The molecule has 2 aromatic rings. The van der Waals surface area contributed by atoms with Gasteiger partial charge in [0, 0.05) is 24.7 Å². The van der Waals surface area contributed by atoms with Crippen molar-refractivity contribution in [1.82, 2.24) is 9.97 Å². The summed E-state index contributed by atoms with van der Waals surface area (Å²) in [5.74, 6) is 2.05. The van der Waals surface area contributed by atoms with Gasteiger partial charge in [-0.2, -0.15) is 0 Å². The average Bonchev–Trinajstić information content (AvgIpc) is 2.45. The van der Waals surface area contributed by atoms with Gasteiger partial charge in [-0.25, -0.2) is 9.97 Å². The highest BCUT2D eigenvalue weighted by atomic mass is 35.5. The lowest BCUT2D eigenvalue weighted by Crippen LogP contribution is -2.33. The molecule has 1 aromatic heterocycles. The summed E-state index contributed by atoms with van der Waals surface area (Å²) in [7, 11) is 2.04. The van der Waals surface area contributed by atoms with Crippen LogP contribution in [-0.4, -0.2) is 23.1 Å². The molecule has 20 heavy (non-hydrogen) atoms. The first kappa shape index (κ1) is 14.8. The van der Waals surface area contributed by atoms with Crippen molar-refractivity contribution in [2.75, 3.05) is 11.9 Å². The first-order chi connectivity index (χ1) is 9.49. The van der Waals surface area contributed by atoms with Crippen LogP contribution in [0.25, 0.3) is 11.4 Å². The second-order valence-electron chi connectivity index (χ2n) is 5.33. The molecule has 0 bridgehead atoms. The quantitative estimate of drug-likeness (QED) is 0.787. The number of anilines is 1. The summed E-state index contributed by atoms with van der Waals surface area (Å²) in [5, 5.41) is 0.469. The van der Waals surface area contributed by atoms with Crippen molar-refractivity contribution in [2.24, 2.45) is 5.92 Å². The summed E-state index contributed by atoms with van der Waals surface area (Å²) in [4.78, 5) is 11.1. The highest BCUT2D eigenvalue weighted by Crippen LogP contribution is 2.24. The van der Waals surface area contributed by atoms with Crippen LogP contribution in [0.5, 0.6) is 0 Å². The Balaban J connectivity index is 2.39. The third-order valence-electron chi connectivity index (χ3n) is 3.65. The summed E-state index contributed by atoms with van der Waals surface area (Å²) < 4.78 is 0. The molecule has 0 saturated carbocycles. The Kier molecular flexibility index (Phi) is 4.61. The van der Waals surface area contributed by atoms with Crippen molar-refractivity contribution in [3.63, 3.8) is 0 Å². The number of aromatic nitrogens is 2. The van der Waals surface area contributed by atoms with Gasteiger partial charge in [0.2, 0.25) is 0 Å². The summed E-state index contributed by atoms with van der Waals surface area (Å²) in [6, 6.07) is 12.1. The number of benzene rings is 1. The summed E-state index contributed by atoms with van der Waals surface area (Å²) in [6.45, 7) is 6.58. The molecule has 1 unspecified atom stereocenters. The molecule has 0 amide bonds. The first-order valence-electron chi connectivity index (χ1n) is 6.82. The van der Waals surface area contributed by atoms with Crippen LogP contribution in [0.4, 0.5) is 5.82 Å². The second-order valence-corrected chi connectivity index (χ2v) is 5.72. The van der Waals surface area contributed by atoms with Crippen LogP contribution >= 0.6 is 11.6 Å². The largest absolute Gasteiger partial charge is 0.357 e. The third kappa shape index (κ3) is 3.28. The third-order valence-corrected chi connectivity index (χ3v) is 3.84. The first-order valence-corrected chi connectivity index (χ1v) is 7.19. The van der Waals surface area contributed by atoms with E-state index in [1.54, 1.807) is 0 Å². The van der Waals surface area contributed by atoms with Crippen LogP contribution in [0, 0.1) is 5.92 Å². The molecule has 0 aliphatic carbocycles. The number of nitrogens with zero attached hydrogens (tertiary/aromatic N) is 3. The van der Waals surface area contributed by atoms with E-state index in [-0.39, 0.29) is 0 Å². The summed E-state index contributed by atoms with van der Waals surface area (Å²) in [6.07, 6.45) is 0.